The van der Waals surface area contributed by atoms with Crippen LogP contribution in [0.5, 0.6) is 0 Å². The molecule has 0 heterocycles. The summed E-state index contributed by atoms with van der Waals surface area (Å²) in [5.74, 6) is 0. The third-order valence-electron chi connectivity index (χ3n) is 0.605. The SMILES string of the molecule is [CH2-]CCN(C)C.[Y]. The van der Waals surface area contributed by atoms with Gasteiger partial charge in [0.1, 0.15) is 0 Å². The Hall–Kier alpha value is 1.06. The fourth-order valence-electron chi connectivity index (χ4n) is 0.316. The van der Waals surface area contributed by atoms with Crippen LogP contribution in [0.2, 0.25) is 0 Å². The van der Waals surface area contributed by atoms with Crippen LogP contribution in [0.25, 0.3) is 0 Å². The molecule has 0 unspecified atom stereocenters. The third kappa shape index (κ3) is 11.0. The van der Waals surface area contributed by atoms with Crippen LogP contribution in [0.1, 0.15) is 6.42 Å². The van der Waals surface area contributed by atoms with E-state index in [1.165, 1.54) is 0 Å². The topological polar surface area (TPSA) is 3.24 Å². The van der Waals surface area contributed by atoms with Crippen LogP contribution in [0.3, 0.4) is 0 Å². The van der Waals surface area contributed by atoms with E-state index in [9.17, 15) is 0 Å². The Morgan fingerprint density at radius 3 is 1.86 bits per heavy atom. The Morgan fingerprint density at radius 2 is 1.86 bits per heavy atom. The Bertz CT molecular complexity index is 29.3. The van der Waals surface area contributed by atoms with Crippen molar-refractivity contribution in [2.45, 2.75) is 6.42 Å². The molecule has 0 aromatic heterocycles. The van der Waals surface area contributed by atoms with E-state index in [0.717, 1.165) is 13.0 Å². The molecule has 0 spiro atoms. The van der Waals surface area contributed by atoms with E-state index in [4.69, 9.17) is 0 Å². The van der Waals surface area contributed by atoms with E-state index >= 15 is 0 Å². The van der Waals surface area contributed by atoms with E-state index in [-0.39, 0.29) is 32.7 Å². The van der Waals surface area contributed by atoms with Gasteiger partial charge in [-0.15, -0.1) is 0 Å². The zero-order valence-corrected chi connectivity index (χ0v) is 7.98. The van der Waals surface area contributed by atoms with E-state index in [1.54, 1.807) is 0 Å². The Kier molecular flexibility index (Phi) is 11.0. The van der Waals surface area contributed by atoms with Crippen LogP contribution < -0.4 is 0 Å². The molecular weight excluding hydrogens is 163 g/mol. The molecule has 0 rings (SSSR count). The largest absolute Gasteiger partial charge is 0.342 e. The Balaban J connectivity index is 0. The molecule has 1 nitrogen and oxygen atoms in total. The van der Waals surface area contributed by atoms with Gasteiger partial charge in [-0.1, -0.05) is 0 Å². The molecule has 2 heteroatoms. The molecule has 0 atom stereocenters. The van der Waals surface area contributed by atoms with Gasteiger partial charge in [-0.25, -0.2) is 0 Å². The van der Waals surface area contributed by atoms with Crippen molar-refractivity contribution in [1.29, 1.82) is 0 Å². The minimum absolute atomic E-state index is 0. The molecule has 0 saturated heterocycles. The quantitative estimate of drug-likeness (QED) is 0.560. The Labute approximate surface area is 71.3 Å². The molecule has 0 fully saturated rings. The molecule has 41 valence electrons. The number of nitrogens with zero attached hydrogens (tertiary/aromatic N) is 1. The van der Waals surface area contributed by atoms with Crippen LogP contribution in [0, 0.1) is 6.92 Å². The van der Waals surface area contributed by atoms with Crippen LogP contribution in [-0.2, 0) is 32.7 Å². The molecule has 0 amide bonds. The fourth-order valence-corrected chi connectivity index (χ4v) is 0.316. The predicted molar refractivity (Wildman–Crippen MR) is 28.5 cm³/mol. The third-order valence-corrected chi connectivity index (χ3v) is 0.605. The van der Waals surface area contributed by atoms with Gasteiger partial charge in [-0.3, -0.25) is 0 Å². The van der Waals surface area contributed by atoms with Crippen molar-refractivity contribution < 1.29 is 32.7 Å². The van der Waals surface area contributed by atoms with Gasteiger partial charge in [0.25, 0.3) is 0 Å². The summed E-state index contributed by atoms with van der Waals surface area (Å²) in [6, 6.07) is 0. The van der Waals surface area contributed by atoms with Crippen LogP contribution >= 0.6 is 0 Å². The van der Waals surface area contributed by atoms with Crippen molar-refractivity contribution in [3.05, 3.63) is 6.92 Å². The first kappa shape index (κ1) is 10.9. The van der Waals surface area contributed by atoms with Gasteiger partial charge >= 0.3 is 0 Å². The van der Waals surface area contributed by atoms with Crippen molar-refractivity contribution in [3.63, 3.8) is 0 Å². The molecule has 0 saturated carbocycles. The fraction of sp³-hybridized carbons (Fsp3) is 0.800. The van der Waals surface area contributed by atoms with Crippen molar-refractivity contribution in [2.24, 2.45) is 0 Å². The van der Waals surface area contributed by atoms with E-state index in [0.29, 0.717) is 0 Å². The minimum Gasteiger partial charge on any atom is -0.342 e. The van der Waals surface area contributed by atoms with Crippen molar-refractivity contribution in [1.82, 2.24) is 4.90 Å². The normalized spacial score (nSPS) is 8.57. The van der Waals surface area contributed by atoms with Gasteiger partial charge < -0.3 is 11.8 Å². The summed E-state index contributed by atoms with van der Waals surface area (Å²) < 4.78 is 0. The molecule has 0 aliphatic carbocycles. The number of hydrogen-bond donors (Lipinski definition) is 0. The van der Waals surface area contributed by atoms with Crippen LogP contribution in [-0.4, -0.2) is 25.5 Å². The molecule has 0 aromatic rings. The van der Waals surface area contributed by atoms with E-state index in [2.05, 4.69) is 11.8 Å². The van der Waals surface area contributed by atoms with Gasteiger partial charge in [0.2, 0.25) is 0 Å². The summed E-state index contributed by atoms with van der Waals surface area (Å²) in [6.45, 7) is 4.78. The van der Waals surface area contributed by atoms with Crippen molar-refractivity contribution >= 4 is 0 Å². The predicted octanol–water partition coefficient (Wildman–Crippen LogP) is 0.770. The summed E-state index contributed by atoms with van der Waals surface area (Å²) in [4.78, 5) is 2.12. The molecule has 0 aromatic carbocycles. The molecule has 1 radical (unpaired) electrons. The monoisotopic (exact) mass is 175 g/mol. The second-order valence-corrected chi connectivity index (χ2v) is 1.66. The van der Waals surface area contributed by atoms with Crippen LogP contribution in [0.15, 0.2) is 0 Å². The summed E-state index contributed by atoms with van der Waals surface area (Å²) in [6.07, 6.45) is 1.01. The number of hydrogen-bond acceptors (Lipinski definition) is 1. The van der Waals surface area contributed by atoms with E-state index < -0.39 is 0 Å². The average Bonchev–Trinajstić information content (AvgIpc) is 1.35. The second-order valence-electron chi connectivity index (χ2n) is 1.66. The molecular formula is C5H12NY-. The zero-order valence-electron chi connectivity index (χ0n) is 5.15. The smallest absolute Gasteiger partial charge is 0 e. The van der Waals surface area contributed by atoms with Crippen molar-refractivity contribution in [3.8, 4) is 0 Å². The van der Waals surface area contributed by atoms with Gasteiger partial charge in [-0.2, -0.15) is 6.42 Å². The second kappa shape index (κ2) is 7.06. The maximum atomic E-state index is 3.68. The maximum absolute atomic E-state index is 3.68. The van der Waals surface area contributed by atoms with E-state index in [1.807, 2.05) is 14.1 Å². The van der Waals surface area contributed by atoms with Crippen LogP contribution in [0.4, 0.5) is 0 Å². The first-order chi connectivity index (χ1) is 2.77. The Morgan fingerprint density at radius 1 is 1.43 bits per heavy atom. The maximum Gasteiger partial charge on any atom is 0 e. The minimum atomic E-state index is 0. The van der Waals surface area contributed by atoms with Gasteiger partial charge in [0, 0.05) is 32.7 Å². The molecule has 0 bridgehead atoms. The zero-order chi connectivity index (χ0) is 4.99. The summed E-state index contributed by atoms with van der Waals surface area (Å²) >= 11 is 0. The van der Waals surface area contributed by atoms with Gasteiger partial charge in [-0.05, 0) is 20.6 Å². The number of rotatable bonds is 2. The van der Waals surface area contributed by atoms with Gasteiger partial charge in [0.15, 0.2) is 0 Å². The molecule has 0 aliphatic rings. The molecule has 0 aliphatic heterocycles. The first-order valence-corrected chi connectivity index (χ1v) is 2.21. The standard InChI is InChI=1S/C5H12N.Y/c1-4-5-6(2)3;/h1,4-5H2,2-3H3;/q-1;. The van der Waals surface area contributed by atoms with Gasteiger partial charge in [0.05, 0.1) is 0 Å². The molecule has 0 N–H and O–H groups in total. The van der Waals surface area contributed by atoms with Crippen molar-refractivity contribution in [2.75, 3.05) is 20.6 Å². The summed E-state index contributed by atoms with van der Waals surface area (Å²) in [5.41, 5.74) is 0. The molecule has 7 heavy (non-hydrogen) atoms. The summed E-state index contributed by atoms with van der Waals surface area (Å²) in [5, 5.41) is 0. The average molecular weight is 175 g/mol. The summed E-state index contributed by atoms with van der Waals surface area (Å²) in [7, 11) is 4.09. The first-order valence-electron chi connectivity index (χ1n) is 2.21.